The molecule has 7 nitrogen and oxygen atoms in total. The number of fused-ring (bicyclic) bond motifs is 1. The summed E-state index contributed by atoms with van der Waals surface area (Å²) in [4.78, 5) is 11.3. The summed E-state index contributed by atoms with van der Waals surface area (Å²) in [5.41, 5.74) is 2.46. The van der Waals surface area contributed by atoms with Gasteiger partial charge in [0, 0.05) is 19.3 Å². The quantitative estimate of drug-likeness (QED) is 0.585. The second-order valence-electron chi connectivity index (χ2n) is 7.14. The molecule has 4 rings (SSSR count). The predicted octanol–water partition coefficient (Wildman–Crippen LogP) is 3.47. The lowest BCUT2D eigenvalue weighted by Gasteiger charge is -2.32. The summed E-state index contributed by atoms with van der Waals surface area (Å²) in [6, 6.07) is 11.7. The van der Waals surface area contributed by atoms with E-state index in [2.05, 4.69) is 14.9 Å². The van der Waals surface area contributed by atoms with E-state index in [1.165, 1.54) is 0 Å². The molecular weight excluding hydrogens is 378 g/mol. The molecule has 0 unspecified atom stereocenters. The summed E-state index contributed by atoms with van der Waals surface area (Å²) >= 11 is 0. The van der Waals surface area contributed by atoms with Crippen molar-refractivity contribution in [1.29, 1.82) is 0 Å². The van der Waals surface area contributed by atoms with Crippen molar-refractivity contribution in [3.05, 3.63) is 42.6 Å². The van der Waals surface area contributed by atoms with Gasteiger partial charge in [-0.1, -0.05) is 12.1 Å². The topological polar surface area (TPSA) is 85.5 Å². The van der Waals surface area contributed by atoms with E-state index in [4.69, 9.17) is 8.60 Å². The lowest BCUT2D eigenvalue weighted by molar-refractivity contribution is 0.264. The molecule has 0 atom stereocenters. The Bertz CT molecular complexity index is 1010. The molecule has 1 aliphatic heterocycles. The summed E-state index contributed by atoms with van der Waals surface area (Å²) in [6.45, 7) is 2.07. The maximum atomic E-state index is 11.0. The molecule has 0 N–H and O–H groups in total. The van der Waals surface area contributed by atoms with Crippen molar-refractivity contribution in [3.8, 4) is 11.5 Å². The first kappa shape index (κ1) is 18.9. The third-order valence-electron chi connectivity index (χ3n) is 5.05. The molecule has 1 saturated heterocycles. The summed E-state index contributed by atoms with van der Waals surface area (Å²) in [5, 5.41) is 0. The number of oxazole rings is 1. The van der Waals surface area contributed by atoms with Gasteiger partial charge in [0.05, 0.1) is 18.4 Å². The molecule has 0 amide bonds. The highest BCUT2D eigenvalue weighted by atomic mass is 32.2. The van der Waals surface area contributed by atoms with Crippen molar-refractivity contribution in [1.82, 2.24) is 9.97 Å². The van der Waals surface area contributed by atoms with Gasteiger partial charge in [-0.05, 0) is 49.4 Å². The average Bonchev–Trinajstić information content (AvgIpc) is 3.12. The Kier molecular flexibility index (Phi) is 5.32. The Morgan fingerprint density at radius 3 is 2.64 bits per heavy atom. The van der Waals surface area contributed by atoms with E-state index in [0.717, 1.165) is 61.1 Å². The molecule has 3 aromatic rings. The Hall–Kier alpha value is -2.45. The van der Waals surface area contributed by atoms with Crippen LogP contribution in [0.4, 0.5) is 5.82 Å². The monoisotopic (exact) mass is 401 g/mol. The second kappa shape index (κ2) is 7.89. The van der Waals surface area contributed by atoms with Crippen molar-refractivity contribution >= 4 is 27.0 Å². The second-order valence-corrected chi connectivity index (χ2v) is 8.78. The van der Waals surface area contributed by atoms with Crippen molar-refractivity contribution in [2.75, 3.05) is 30.9 Å². The van der Waals surface area contributed by atoms with Crippen LogP contribution in [-0.4, -0.2) is 44.3 Å². The van der Waals surface area contributed by atoms with Gasteiger partial charge in [0.15, 0.2) is 5.58 Å². The molecule has 8 heteroatoms. The molecule has 1 aromatic carbocycles. The molecule has 2 aromatic heterocycles. The number of anilines is 1. The molecular formula is C20H23N3O4S. The molecule has 0 radical (unpaired) electrons. The molecule has 148 valence electrons. The highest BCUT2D eigenvalue weighted by molar-refractivity contribution is 7.85. The van der Waals surface area contributed by atoms with Crippen LogP contribution >= 0.6 is 0 Å². The standard InChI is InChI=1S/C20H23N3O4S/c1-28(24,25)26-13-10-15-8-11-23(12-9-15)19-7-6-16(14-21-19)20-22-17-4-2-3-5-18(17)27-20/h2-7,14-15H,8-13H2,1H3. The van der Waals surface area contributed by atoms with Crippen LogP contribution in [0.5, 0.6) is 0 Å². The van der Waals surface area contributed by atoms with E-state index >= 15 is 0 Å². The minimum Gasteiger partial charge on any atom is -0.436 e. The van der Waals surface area contributed by atoms with E-state index < -0.39 is 10.1 Å². The maximum Gasteiger partial charge on any atom is 0.264 e. The average molecular weight is 401 g/mol. The highest BCUT2D eigenvalue weighted by Gasteiger charge is 2.21. The van der Waals surface area contributed by atoms with E-state index in [1.54, 1.807) is 6.20 Å². The van der Waals surface area contributed by atoms with Crippen LogP contribution in [-0.2, 0) is 14.3 Å². The first-order valence-corrected chi connectivity index (χ1v) is 11.2. The summed E-state index contributed by atoms with van der Waals surface area (Å²) in [6.07, 6.45) is 5.66. The molecule has 1 fully saturated rings. The van der Waals surface area contributed by atoms with Gasteiger partial charge >= 0.3 is 0 Å². The number of para-hydroxylation sites is 2. The van der Waals surface area contributed by atoms with Gasteiger partial charge < -0.3 is 9.32 Å². The number of piperidine rings is 1. The van der Waals surface area contributed by atoms with Gasteiger partial charge in [0.1, 0.15) is 11.3 Å². The molecule has 0 bridgehead atoms. The van der Waals surface area contributed by atoms with Crippen molar-refractivity contribution < 1.29 is 17.0 Å². The Morgan fingerprint density at radius 1 is 1.18 bits per heavy atom. The number of benzene rings is 1. The van der Waals surface area contributed by atoms with Crippen LogP contribution in [0.25, 0.3) is 22.6 Å². The van der Waals surface area contributed by atoms with Gasteiger partial charge in [-0.3, -0.25) is 4.18 Å². The minimum atomic E-state index is -3.35. The highest BCUT2D eigenvalue weighted by Crippen LogP contribution is 2.27. The fourth-order valence-electron chi connectivity index (χ4n) is 3.51. The predicted molar refractivity (Wildman–Crippen MR) is 108 cm³/mol. The normalized spacial score (nSPS) is 16.0. The minimum absolute atomic E-state index is 0.265. The molecule has 0 spiro atoms. The van der Waals surface area contributed by atoms with Crippen LogP contribution in [0.2, 0.25) is 0 Å². The van der Waals surface area contributed by atoms with E-state index in [-0.39, 0.29) is 6.61 Å². The van der Waals surface area contributed by atoms with Crippen molar-refractivity contribution in [2.45, 2.75) is 19.3 Å². The SMILES string of the molecule is CS(=O)(=O)OCCC1CCN(c2ccc(-c3nc4ccccc4o3)cn2)CC1. The Balaban J connectivity index is 1.34. The molecule has 3 heterocycles. The number of nitrogens with zero attached hydrogens (tertiary/aromatic N) is 3. The molecule has 0 aliphatic carbocycles. The number of pyridine rings is 1. The zero-order chi connectivity index (χ0) is 19.6. The summed E-state index contributed by atoms with van der Waals surface area (Å²) < 4.78 is 32.7. The first-order chi connectivity index (χ1) is 13.5. The number of hydrogen-bond donors (Lipinski definition) is 0. The third-order valence-corrected chi connectivity index (χ3v) is 5.65. The van der Waals surface area contributed by atoms with Gasteiger partial charge in [-0.2, -0.15) is 8.42 Å². The summed E-state index contributed by atoms with van der Waals surface area (Å²) in [7, 11) is -3.35. The summed E-state index contributed by atoms with van der Waals surface area (Å²) in [5.74, 6) is 1.99. The third kappa shape index (κ3) is 4.51. The van der Waals surface area contributed by atoms with Crippen LogP contribution in [0.3, 0.4) is 0 Å². The van der Waals surface area contributed by atoms with E-state index in [0.29, 0.717) is 11.8 Å². The number of rotatable bonds is 6. The number of hydrogen-bond acceptors (Lipinski definition) is 7. The van der Waals surface area contributed by atoms with Gasteiger partial charge in [0.25, 0.3) is 10.1 Å². The zero-order valence-corrected chi connectivity index (χ0v) is 16.6. The Morgan fingerprint density at radius 2 is 1.96 bits per heavy atom. The van der Waals surface area contributed by atoms with Crippen LogP contribution in [0.1, 0.15) is 19.3 Å². The fourth-order valence-corrected chi connectivity index (χ4v) is 3.91. The van der Waals surface area contributed by atoms with E-state index in [9.17, 15) is 8.42 Å². The van der Waals surface area contributed by atoms with Crippen LogP contribution in [0, 0.1) is 5.92 Å². The molecule has 28 heavy (non-hydrogen) atoms. The Labute approximate surface area is 164 Å². The van der Waals surface area contributed by atoms with Crippen molar-refractivity contribution in [3.63, 3.8) is 0 Å². The van der Waals surface area contributed by atoms with Gasteiger partial charge in [0.2, 0.25) is 5.89 Å². The lowest BCUT2D eigenvalue weighted by Crippen LogP contribution is -2.34. The van der Waals surface area contributed by atoms with Crippen LogP contribution in [0.15, 0.2) is 47.0 Å². The van der Waals surface area contributed by atoms with Gasteiger partial charge in [-0.25, -0.2) is 9.97 Å². The maximum absolute atomic E-state index is 11.0. The fraction of sp³-hybridized carbons (Fsp3) is 0.400. The van der Waals surface area contributed by atoms with E-state index in [1.807, 2.05) is 36.4 Å². The smallest absolute Gasteiger partial charge is 0.264 e. The van der Waals surface area contributed by atoms with Crippen LogP contribution < -0.4 is 4.90 Å². The number of aromatic nitrogens is 2. The zero-order valence-electron chi connectivity index (χ0n) is 15.7. The van der Waals surface area contributed by atoms with Crippen molar-refractivity contribution in [2.24, 2.45) is 5.92 Å². The first-order valence-electron chi connectivity index (χ1n) is 9.39. The molecule has 1 aliphatic rings. The molecule has 0 saturated carbocycles. The van der Waals surface area contributed by atoms with Gasteiger partial charge in [-0.15, -0.1) is 0 Å². The largest absolute Gasteiger partial charge is 0.436 e. The lowest BCUT2D eigenvalue weighted by atomic mass is 9.94.